The molecule has 1 aromatic rings. The molecule has 1 saturated carbocycles. The van der Waals surface area contributed by atoms with Gasteiger partial charge in [-0.1, -0.05) is 6.07 Å². The molecular formula is C22H18F6NS2+. The van der Waals surface area contributed by atoms with Crippen LogP contribution in [-0.4, -0.2) is 27.3 Å². The molecule has 1 fully saturated rings. The number of pyridine rings is 1. The van der Waals surface area contributed by atoms with Crippen LogP contribution in [-0.2, 0) is 6.54 Å². The lowest BCUT2D eigenvalue weighted by molar-refractivity contribution is -0.687. The highest BCUT2D eigenvalue weighted by Crippen LogP contribution is 2.73. The van der Waals surface area contributed by atoms with Gasteiger partial charge in [-0.25, -0.2) is 4.57 Å². The van der Waals surface area contributed by atoms with Crippen LogP contribution in [0.15, 0.2) is 74.8 Å². The predicted molar refractivity (Wildman–Crippen MR) is 109 cm³/mol. The minimum Gasteiger partial charge on any atom is -0.200 e. The molecule has 5 rings (SSSR count). The minimum absolute atomic E-state index is 0.118. The van der Waals surface area contributed by atoms with Gasteiger partial charge in [-0.3, -0.25) is 0 Å². The van der Waals surface area contributed by atoms with Gasteiger partial charge in [0.15, 0.2) is 18.9 Å². The Balaban J connectivity index is 1.79. The van der Waals surface area contributed by atoms with Crippen LogP contribution in [0.1, 0.15) is 20.8 Å². The summed E-state index contributed by atoms with van der Waals surface area (Å²) in [6.07, 6.45) is 6.38. The number of hydrogen-bond acceptors (Lipinski definition) is 2. The fourth-order valence-corrected chi connectivity index (χ4v) is 8.09. The number of alkyl halides is 6. The molecular weight excluding hydrogens is 456 g/mol. The molecule has 0 N–H and O–H groups in total. The van der Waals surface area contributed by atoms with E-state index in [1.165, 1.54) is 35.7 Å². The average molecular weight is 475 g/mol. The normalized spacial score (nSPS) is 34.4. The van der Waals surface area contributed by atoms with Crippen molar-refractivity contribution in [3.8, 4) is 0 Å². The highest BCUT2D eigenvalue weighted by atomic mass is 32.2. The Hall–Kier alpha value is -1.61. The first kappa shape index (κ1) is 21.2. The summed E-state index contributed by atoms with van der Waals surface area (Å²) in [5.41, 5.74) is -2.65. The van der Waals surface area contributed by atoms with Crippen molar-refractivity contribution >= 4 is 23.5 Å². The first-order valence-corrected chi connectivity index (χ1v) is 11.3. The average Bonchev–Trinajstić information content (AvgIpc) is 3.20. The van der Waals surface area contributed by atoms with Crippen molar-refractivity contribution in [2.24, 2.45) is 0 Å². The number of rotatable bonds is 2. The summed E-state index contributed by atoms with van der Waals surface area (Å²) < 4.78 is 88.4. The van der Waals surface area contributed by atoms with E-state index < -0.39 is 38.4 Å². The van der Waals surface area contributed by atoms with Crippen LogP contribution in [0.4, 0.5) is 26.3 Å². The van der Waals surface area contributed by atoms with Crippen molar-refractivity contribution in [3.63, 3.8) is 0 Å². The van der Waals surface area contributed by atoms with E-state index in [0.29, 0.717) is 16.4 Å². The van der Waals surface area contributed by atoms with Gasteiger partial charge in [-0.05, 0) is 49.0 Å². The van der Waals surface area contributed by atoms with E-state index in [9.17, 15) is 17.6 Å². The van der Waals surface area contributed by atoms with Crippen molar-refractivity contribution in [1.82, 2.24) is 0 Å². The van der Waals surface area contributed by atoms with Crippen molar-refractivity contribution in [2.75, 3.05) is 0 Å². The molecule has 4 aliphatic rings. The topological polar surface area (TPSA) is 3.88 Å². The van der Waals surface area contributed by atoms with Gasteiger partial charge >= 0.3 is 17.8 Å². The summed E-state index contributed by atoms with van der Waals surface area (Å²) >= 11 is 2.56. The number of hydrogen-bond donors (Lipinski definition) is 0. The molecule has 0 amide bonds. The number of allylic oxidation sites excluding steroid dienone is 6. The van der Waals surface area contributed by atoms with Gasteiger partial charge in [0.2, 0.25) is 0 Å². The van der Waals surface area contributed by atoms with Crippen LogP contribution < -0.4 is 4.57 Å². The van der Waals surface area contributed by atoms with Gasteiger partial charge in [0.05, 0.1) is 14.4 Å². The Morgan fingerprint density at radius 2 is 1.29 bits per heavy atom. The van der Waals surface area contributed by atoms with Gasteiger partial charge < -0.3 is 0 Å². The Morgan fingerprint density at radius 1 is 0.774 bits per heavy atom. The highest BCUT2D eigenvalue weighted by molar-refractivity contribution is 8.09. The van der Waals surface area contributed by atoms with Crippen molar-refractivity contribution in [3.05, 3.63) is 74.8 Å². The van der Waals surface area contributed by atoms with Crippen molar-refractivity contribution < 1.29 is 30.9 Å². The summed E-state index contributed by atoms with van der Waals surface area (Å²) in [5.74, 6) is -15.4. The monoisotopic (exact) mass is 474 g/mol. The molecule has 9 heteroatoms. The Bertz CT molecular complexity index is 1130. The molecule has 0 unspecified atom stereocenters. The summed E-state index contributed by atoms with van der Waals surface area (Å²) in [5, 5.41) is 0. The number of thioether (sulfide) groups is 2. The third-order valence-corrected chi connectivity index (χ3v) is 9.76. The van der Waals surface area contributed by atoms with E-state index in [-0.39, 0.29) is 11.1 Å². The smallest absolute Gasteiger partial charge is 0.200 e. The fraction of sp³-hybridized carbons (Fsp3) is 0.409. The van der Waals surface area contributed by atoms with Crippen LogP contribution in [0.2, 0.25) is 0 Å². The van der Waals surface area contributed by atoms with E-state index in [1.807, 2.05) is 22.8 Å². The van der Waals surface area contributed by atoms with Crippen LogP contribution in [0.25, 0.3) is 0 Å². The molecule has 0 spiro atoms. The molecule has 1 aromatic heterocycles. The molecule has 0 radical (unpaired) electrons. The second-order valence-electron chi connectivity index (χ2n) is 8.48. The first-order chi connectivity index (χ1) is 14.3. The number of halogens is 6. The lowest BCUT2D eigenvalue weighted by Gasteiger charge is -2.47. The Labute approximate surface area is 184 Å². The largest absolute Gasteiger partial charge is 0.380 e. The number of nitrogens with zero attached hydrogens (tertiary/aromatic N) is 1. The Kier molecular flexibility index (Phi) is 4.14. The third-order valence-electron chi connectivity index (χ3n) is 6.61. The van der Waals surface area contributed by atoms with E-state index in [1.54, 1.807) is 33.2 Å². The molecule has 0 bridgehead atoms. The standard InChI is InChI=1S/C22H18F6NS2/c1-12-9-14-16-17(21(25,26)22(27,28)20(16,23)24)15-10-13(11-29-7-5-4-6-8-29)31-19(15,3)18(14,2)30-12/h4-10H,11H2,1-3H3/q+1/t18-,19-/m0/s1. The maximum absolute atomic E-state index is 15.0. The van der Waals surface area contributed by atoms with Crippen LogP contribution in [0, 0.1) is 0 Å². The summed E-state index contributed by atoms with van der Waals surface area (Å²) in [6, 6.07) is 5.44. The van der Waals surface area contributed by atoms with E-state index in [2.05, 4.69) is 0 Å². The first-order valence-electron chi connectivity index (χ1n) is 9.62. The fourth-order valence-electron chi connectivity index (χ4n) is 4.95. The van der Waals surface area contributed by atoms with Crippen LogP contribution in [0.3, 0.4) is 0 Å². The number of aromatic nitrogens is 1. The molecule has 0 saturated heterocycles. The van der Waals surface area contributed by atoms with Gasteiger partial charge in [-0.15, -0.1) is 23.5 Å². The SMILES string of the molecule is CC1=CC2=C3C(=C4C=C(C[n+]5ccccc5)S[C@]4(C)[C@@]2(C)S1)C(F)(F)C(F)(F)C3(F)F. The maximum atomic E-state index is 15.0. The lowest BCUT2D eigenvalue weighted by Crippen LogP contribution is -2.49. The molecule has 2 atom stereocenters. The van der Waals surface area contributed by atoms with Gasteiger partial charge in [-0.2, -0.15) is 26.3 Å². The zero-order valence-electron chi connectivity index (χ0n) is 16.8. The predicted octanol–water partition coefficient (Wildman–Crippen LogP) is 6.30. The van der Waals surface area contributed by atoms with E-state index in [0.717, 1.165) is 0 Å². The maximum Gasteiger partial charge on any atom is 0.380 e. The third kappa shape index (κ3) is 2.37. The molecule has 31 heavy (non-hydrogen) atoms. The molecule has 2 aliphatic carbocycles. The van der Waals surface area contributed by atoms with Crippen LogP contribution in [0.5, 0.6) is 0 Å². The zero-order valence-corrected chi connectivity index (χ0v) is 18.4. The molecule has 1 nitrogen and oxygen atoms in total. The van der Waals surface area contributed by atoms with E-state index >= 15 is 8.78 Å². The van der Waals surface area contributed by atoms with Crippen molar-refractivity contribution in [1.29, 1.82) is 0 Å². The van der Waals surface area contributed by atoms with E-state index in [4.69, 9.17) is 0 Å². The van der Waals surface area contributed by atoms with Crippen LogP contribution >= 0.6 is 23.5 Å². The second-order valence-corrected chi connectivity index (χ2v) is 11.7. The molecule has 0 aromatic carbocycles. The second kappa shape index (κ2) is 6.04. The summed E-state index contributed by atoms with van der Waals surface area (Å²) in [6.45, 7) is 5.39. The highest BCUT2D eigenvalue weighted by Gasteiger charge is 2.84. The quantitative estimate of drug-likeness (QED) is 0.366. The van der Waals surface area contributed by atoms with Gasteiger partial charge in [0, 0.05) is 23.3 Å². The summed E-state index contributed by atoms with van der Waals surface area (Å²) in [7, 11) is 0. The zero-order chi connectivity index (χ0) is 22.6. The van der Waals surface area contributed by atoms with Gasteiger partial charge in [0.25, 0.3) is 0 Å². The Morgan fingerprint density at radius 3 is 1.87 bits per heavy atom. The molecule has 164 valence electrons. The lowest BCUT2D eigenvalue weighted by atomic mass is 9.71. The molecule has 2 aliphatic heterocycles. The number of fused-ring (bicyclic) bond motifs is 4. The van der Waals surface area contributed by atoms with Crippen molar-refractivity contribution in [2.45, 2.75) is 54.6 Å². The van der Waals surface area contributed by atoms with Gasteiger partial charge in [0.1, 0.15) is 0 Å². The minimum atomic E-state index is -5.50. The molecule has 3 heterocycles. The summed E-state index contributed by atoms with van der Waals surface area (Å²) in [4.78, 5) is 1.29.